The van der Waals surface area contributed by atoms with E-state index in [0.717, 1.165) is 18.5 Å². The number of aliphatic hydroxyl groups is 1. The molecule has 3 aromatic rings. The van der Waals surface area contributed by atoms with Crippen molar-refractivity contribution in [3.05, 3.63) is 66.2 Å². The van der Waals surface area contributed by atoms with Crippen LogP contribution in [0.15, 0.2) is 54.9 Å². The molecule has 1 aromatic carbocycles. The monoisotopic (exact) mass is 363 g/mol. The summed E-state index contributed by atoms with van der Waals surface area (Å²) >= 11 is 0. The minimum Gasteiger partial charge on any atom is -0.497 e. The predicted octanol–water partition coefficient (Wildman–Crippen LogP) is 3.29. The zero-order chi connectivity index (χ0) is 18.9. The Kier molecular flexibility index (Phi) is 4.45. The van der Waals surface area contributed by atoms with Crippen LogP contribution in [-0.2, 0) is 12.6 Å². The van der Waals surface area contributed by atoms with Crippen molar-refractivity contribution in [1.29, 1.82) is 0 Å². The number of rotatable bonds is 4. The van der Waals surface area contributed by atoms with Crippen molar-refractivity contribution in [3.63, 3.8) is 0 Å². The summed E-state index contributed by atoms with van der Waals surface area (Å²) in [6.07, 6.45) is -2.86. The summed E-state index contributed by atoms with van der Waals surface area (Å²) in [5.41, 5.74) is -3.74. The van der Waals surface area contributed by atoms with Gasteiger partial charge in [0.25, 0.3) is 0 Å². The summed E-state index contributed by atoms with van der Waals surface area (Å²) in [7, 11) is 2.74. The normalized spacial score (nSPS) is 14.1. The lowest BCUT2D eigenvalue weighted by Crippen LogP contribution is -2.45. The van der Waals surface area contributed by atoms with E-state index in [1.165, 1.54) is 24.8 Å². The van der Waals surface area contributed by atoms with Gasteiger partial charge < -0.3 is 14.4 Å². The molecule has 0 aliphatic rings. The van der Waals surface area contributed by atoms with Crippen LogP contribution in [0.4, 0.5) is 13.2 Å². The smallest absolute Gasteiger partial charge is 0.428 e. The average Bonchev–Trinajstić information content (AvgIpc) is 3.02. The third kappa shape index (κ3) is 2.82. The molecule has 3 rings (SSSR count). The molecule has 8 heteroatoms. The number of nitrogens with zero attached hydrogens (tertiary/aromatic N) is 3. The molecule has 2 aromatic heterocycles. The molecule has 0 saturated carbocycles. The molecule has 0 aliphatic heterocycles. The average molecular weight is 363 g/mol. The molecule has 26 heavy (non-hydrogen) atoms. The van der Waals surface area contributed by atoms with Gasteiger partial charge in [-0.15, -0.1) is 0 Å². The van der Waals surface area contributed by atoms with Crippen molar-refractivity contribution < 1.29 is 23.0 Å². The van der Waals surface area contributed by atoms with Crippen LogP contribution < -0.4 is 4.74 Å². The predicted molar refractivity (Wildman–Crippen MR) is 88.5 cm³/mol. The largest absolute Gasteiger partial charge is 0.497 e. The Morgan fingerprint density at radius 1 is 1.08 bits per heavy atom. The molecule has 0 unspecified atom stereocenters. The molecule has 136 valence electrons. The second-order valence-corrected chi connectivity index (χ2v) is 5.68. The fourth-order valence-corrected chi connectivity index (χ4v) is 2.76. The van der Waals surface area contributed by atoms with Crippen molar-refractivity contribution in [2.75, 3.05) is 7.11 Å². The van der Waals surface area contributed by atoms with Crippen LogP contribution in [0, 0.1) is 0 Å². The van der Waals surface area contributed by atoms with E-state index >= 15 is 0 Å². The minimum atomic E-state index is -5.02. The molecule has 0 bridgehead atoms. The number of halogens is 3. The first kappa shape index (κ1) is 17.9. The zero-order valence-corrected chi connectivity index (χ0v) is 14.0. The van der Waals surface area contributed by atoms with E-state index in [0.29, 0.717) is 11.4 Å². The quantitative estimate of drug-likeness (QED) is 0.773. The van der Waals surface area contributed by atoms with Gasteiger partial charge in [-0.25, -0.2) is 4.98 Å². The van der Waals surface area contributed by atoms with Crippen LogP contribution in [0.5, 0.6) is 5.75 Å². The van der Waals surface area contributed by atoms with E-state index in [2.05, 4.69) is 9.97 Å². The first-order valence-electron chi connectivity index (χ1n) is 7.66. The maximum atomic E-state index is 13.9. The lowest BCUT2D eigenvalue weighted by molar-refractivity contribution is -0.251. The zero-order valence-electron chi connectivity index (χ0n) is 14.0. The van der Waals surface area contributed by atoms with E-state index in [4.69, 9.17) is 4.74 Å². The number of alkyl halides is 3. The van der Waals surface area contributed by atoms with Gasteiger partial charge in [-0.2, -0.15) is 13.2 Å². The fourth-order valence-electron chi connectivity index (χ4n) is 2.76. The number of benzene rings is 1. The van der Waals surface area contributed by atoms with Gasteiger partial charge in [0.15, 0.2) is 0 Å². The van der Waals surface area contributed by atoms with Crippen molar-refractivity contribution in [3.8, 4) is 17.1 Å². The minimum absolute atomic E-state index is 0.156. The molecule has 0 amide bonds. The van der Waals surface area contributed by atoms with Crippen molar-refractivity contribution in [2.24, 2.45) is 7.05 Å². The molecular formula is C18H16F3N3O2. The molecule has 1 atom stereocenters. The summed E-state index contributed by atoms with van der Waals surface area (Å²) in [6, 6.07) is 11.2. The van der Waals surface area contributed by atoms with Crippen LogP contribution in [0.1, 0.15) is 11.4 Å². The summed E-state index contributed by atoms with van der Waals surface area (Å²) < 4.78 is 48.0. The van der Waals surface area contributed by atoms with E-state index in [1.54, 1.807) is 30.3 Å². The van der Waals surface area contributed by atoms with Gasteiger partial charge in [0.2, 0.25) is 5.60 Å². The molecule has 1 N–H and O–H groups in total. The number of hydrogen-bond acceptors (Lipinski definition) is 4. The molecule has 0 radical (unpaired) electrons. The lowest BCUT2D eigenvalue weighted by Gasteiger charge is -2.30. The molecular weight excluding hydrogens is 347 g/mol. The van der Waals surface area contributed by atoms with Gasteiger partial charge in [0, 0.05) is 24.9 Å². The Bertz CT molecular complexity index is 910. The third-order valence-electron chi connectivity index (χ3n) is 4.14. The van der Waals surface area contributed by atoms with Crippen molar-refractivity contribution >= 4 is 0 Å². The SMILES string of the molecule is COc1ccnc([C@@](O)(c2cnc(-c3ccccc3)n2C)C(F)(F)F)c1. The van der Waals surface area contributed by atoms with Gasteiger partial charge in [0.05, 0.1) is 24.7 Å². The van der Waals surface area contributed by atoms with E-state index in [1.807, 2.05) is 0 Å². The Labute approximate surface area is 147 Å². The van der Waals surface area contributed by atoms with Crippen LogP contribution in [0.3, 0.4) is 0 Å². The Balaban J connectivity index is 2.20. The lowest BCUT2D eigenvalue weighted by atomic mass is 9.94. The number of methoxy groups -OCH3 is 1. The van der Waals surface area contributed by atoms with E-state index in [9.17, 15) is 18.3 Å². The third-order valence-corrected chi connectivity index (χ3v) is 4.14. The topological polar surface area (TPSA) is 60.2 Å². The number of pyridine rings is 1. The highest BCUT2D eigenvalue weighted by Crippen LogP contribution is 2.44. The second-order valence-electron chi connectivity index (χ2n) is 5.68. The first-order valence-corrected chi connectivity index (χ1v) is 7.66. The van der Waals surface area contributed by atoms with Gasteiger partial charge in [-0.3, -0.25) is 4.98 Å². The van der Waals surface area contributed by atoms with Gasteiger partial charge in [-0.1, -0.05) is 30.3 Å². The summed E-state index contributed by atoms with van der Waals surface area (Å²) in [5, 5.41) is 10.7. The number of hydrogen-bond donors (Lipinski definition) is 1. The highest BCUT2D eigenvalue weighted by atomic mass is 19.4. The second kappa shape index (κ2) is 6.45. The highest BCUT2D eigenvalue weighted by molar-refractivity contribution is 5.56. The van der Waals surface area contributed by atoms with Crippen LogP contribution in [0.2, 0.25) is 0 Å². The standard InChI is InChI=1S/C18H16F3N3O2/c1-24-15(11-23-16(24)12-6-4-3-5-7-12)17(25,18(19,20)21)14-10-13(26-2)8-9-22-14/h3-11,25H,1-2H3/t17-/m1/s1. The molecule has 0 fully saturated rings. The van der Waals surface area contributed by atoms with Crippen LogP contribution >= 0.6 is 0 Å². The molecule has 0 saturated heterocycles. The van der Waals surface area contributed by atoms with Crippen LogP contribution in [-0.4, -0.2) is 32.9 Å². The Morgan fingerprint density at radius 3 is 2.38 bits per heavy atom. The number of ether oxygens (including phenoxy) is 1. The summed E-state index contributed by atoms with van der Waals surface area (Å²) in [4.78, 5) is 7.81. The summed E-state index contributed by atoms with van der Waals surface area (Å²) in [5.74, 6) is 0.453. The molecule has 0 spiro atoms. The van der Waals surface area contributed by atoms with Gasteiger partial charge >= 0.3 is 6.18 Å². The van der Waals surface area contributed by atoms with Gasteiger partial charge in [0.1, 0.15) is 11.6 Å². The fraction of sp³-hybridized carbons (Fsp3) is 0.222. The molecule has 5 nitrogen and oxygen atoms in total. The van der Waals surface area contributed by atoms with E-state index < -0.39 is 23.2 Å². The first-order chi connectivity index (χ1) is 12.3. The van der Waals surface area contributed by atoms with Crippen LogP contribution in [0.25, 0.3) is 11.4 Å². The Hall–Kier alpha value is -2.87. The summed E-state index contributed by atoms with van der Waals surface area (Å²) in [6.45, 7) is 0. The van der Waals surface area contributed by atoms with Gasteiger partial charge in [-0.05, 0) is 6.07 Å². The number of aromatic nitrogens is 3. The van der Waals surface area contributed by atoms with Crippen molar-refractivity contribution in [1.82, 2.24) is 14.5 Å². The Morgan fingerprint density at radius 2 is 1.77 bits per heavy atom. The number of imidazole rings is 1. The van der Waals surface area contributed by atoms with Crippen molar-refractivity contribution in [2.45, 2.75) is 11.8 Å². The maximum absolute atomic E-state index is 13.9. The van der Waals surface area contributed by atoms with E-state index in [-0.39, 0.29) is 5.75 Å². The molecule has 0 aliphatic carbocycles. The highest BCUT2D eigenvalue weighted by Gasteiger charge is 2.59. The molecule has 2 heterocycles. The maximum Gasteiger partial charge on any atom is 0.428 e.